The first-order valence-corrected chi connectivity index (χ1v) is 9.37. The van der Waals surface area contributed by atoms with Gasteiger partial charge in [-0.25, -0.2) is 0 Å². The molecule has 160 valence electrons. The highest BCUT2D eigenvalue weighted by Gasteiger charge is 2.36. The molecule has 0 saturated carbocycles. The summed E-state index contributed by atoms with van der Waals surface area (Å²) in [6, 6.07) is 11.8. The molecule has 0 bridgehead atoms. The lowest BCUT2D eigenvalue weighted by Gasteiger charge is -2.16. The molecule has 2 aromatic carbocycles. The van der Waals surface area contributed by atoms with E-state index in [4.69, 9.17) is 4.74 Å². The van der Waals surface area contributed by atoms with Crippen LogP contribution in [0.15, 0.2) is 48.5 Å². The number of nitrogens with one attached hydrogen (secondary N) is 1. The second-order valence-corrected chi connectivity index (χ2v) is 6.97. The summed E-state index contributed by atoms with van der Waals surface area (Å²) in [7, 11) is 0. The topological polar surface area (TPSA) is 136 Å². The van der Waals surface area contributed by atoms with Crippen molar-refractivity contribution in [1.29, 1.82) is 0 Å². The standard InChI is InChI=1S/C21H19N3O7/c1-13(25)14-5-7-16(8-6-14)22-19(26)12-31-21(28)15-9-20(27)23(11-15)17-3-2-4-18(10-17)24(29)30/h2-8,10,15H,9,11-12H2,1H3,(H,22,26)/t15-/m1/s1. The van der Waals surface area contributed by atoms with Crippen molar-refractivity contribution in [2.75, 3.05) is 23.4 Å². The van der Waals surface area contributed by atoms with Crippen molar-refractivity contribution in [3.05, 3.63) is 64.2 Å². The number of nitrogens with zero attached hydrogens (tertiary/aromatic N) is 2. The van der Waals surface area contributed by atoms with Gasteiger partial charge in [-0.15, -0.1) is 0 Å². The summed E-state index contributed by atoms with van der Waals surface area (Å²) in [6.07, 6.45) is -0.115. The fraction of sp³-hybridized carbons (Fsp3) is 0.238. The van der Waals surface area contributed by atoms with Crippen LogP contribution in [-0.4, -0.2) is 41.6 Å². The maximum Gasteiger partial charge on any atom is 0.311 e. The van der Waals surface area contributed by atoms with Crippen molar-refractivity contribution in [3.63, 3.8) is 0 Å². The second-order valence-electron chi connectivity index (χ2n) is 6.97. The fourth-order valence-corrected chi connectivity index (χ4v) is 3.13. The summed E-state index contributed by atoms with van der Waals surface area (Å²) in [6.45, 7) is 0.905. The number of non-ortho nitro benzene ring substituents is 1. The summed E-state index contributed by atoms with van der Waals surface area (Å²) in [4.78, 5) is 59.5. The molecule has 1 aliphatic rings. The van der Waals surface area contributed by atoms with Crippen LogP contribution in [0.3, 0.4) is 0 Å². The summed E-state index contributed by atoms with van der Waals surface area (Å²) < 4.78 is 5.02. The SMILES string of the molecule is CC(=O)c1ccc(NC(=O)COC(=O)[C@@H]2CC(=O)N(c3cccc([N+](=O)[O-])c3)C2)cc1. The third kappa shape index (κ3) is 5.30. The molecular formula is C21H19N3O7. The van der Waals surface area contributed by atoms with Crippen LogP contribution in [0, 0.1) is 16.0 Å². The van der Waals surface area contributed by atoms with E-state index in [9.17, 15) is 29.3 Å². The van der Waals surface area contributed by atoms with Crippen molar-refractivity contribution in [1.82, 2.24) is 0 Å². The minimum atomic E-state index is -0.783. The predicted molar refractivity (Wildman–Crippen MR) is 110 cm³/mol. The van der Waals surface area contributed by atoms with Crippen LogP contribution in [0.4, 0.5) is 17.1 Å². The highest BCUT2D eigenvalue weighted by Crippen LogP contribution is 2.28. The van der Waals surface area contributed by atoms with Crippen molar-refractivity contribution in [2.45, 2.75) is 13.3 Å². The highest BCUT2D eigenvalue weighted by molar-refractivity contribution is 6.00. The molecule has 0 aromatic heterocycles. The lowest BCUT2D eigenvalue weighted by Crippen LogP contribution is -2.28. The van der Waals surface area contributed by atoms with E-state index in [1.54, 1.807) is 30.3 Å². The number of rotatable bonds is 7. The molecular weight excluding hydrogens is 406 g/mol. The first kappa shape index (κ1) is 21.6. The van der Waals surface area contributed by atoms with Gasteiger partial charge in [-0.3, -0.25) is 29.3 Å². The predicted octanol–water partition coefficient (Wildman–Crippen LogP) is 2.33. The van der Waals surface area contributed by atoms with E-state index < -0.39 is 29.3 Å². The number of esters is 1. The molecule has 3 rings (SSSR count). The summed E-state index contributed by atoms with van der Waals surface area (Å²) in [5.41, 5.74) is 1.10. The molecule has 1 aliphatic heterocycles. The molecule has 1 N–H and O–H groups in total. The quantitative estimate of drug-likeness (QED) is 0.311. The lowest BCUT2D eigenvalue weighted by molar-refractivity contribution is -0.384. The minimum Gasteiger partial charge on any atom is -0.455 e. The van der Waals surface area contributed by atoms with Crippen LogP contribution >= 0.6 is 0 Å². The average molecular weight is 425 g/mol. The number of carbonyl (C=O) groups is 4. The van der Waals surface area contributed by atoms with Crippen LogP contribution < -0.4 is 10.2 Å². The molecule has 31 heavy (non-hydrogen) atoms. The maximum absolute atomic E-state index is 12.3. The van der Waals surface area contributed by atoms with Gasteiger partial charge < -0.3 is 15.0 Å². The zero-order valence-electron chi connectivity index (χ0n) is 16.6. The largest absolute Gasteiger partial charge is 0.455 e. The van der Waals surface area contributed by atoms with Gasteiger partial charge in [0.25, 0.3) is 11.6 Å². The van der Waals surface area contributed by atoms with Gasteiger partial charge in [-0.1, -0.05) is 6.07 Å². The molecule has 1 saturated heterocycles. The van der Waals surface area contributed by atoms with Crippen molar-refractivity contribution in [2.24, 2.45) is 5.92 Å². The van der Waals surface area contributed by atoms with E-state index in [1.165, 1.54) is 30.0 Å². The van der Waals surface area contributed by atoms with Crippen molar-refractivity contribution < 1.29 is 28.8 Å². The number of amides is 2. The average Bonchev–Trinajstić information content (AvgIpc) is 3.14. The van der Waals surface area contributed by atoms with Crippen LogP contribution in [0.1, 0.15) is 23.7 Å². The Morgan fingerprint density at radius 2 is 1.90 bits per heavy atom. The molecule has 1 heterocycles. The molecule has 0 unspecified atom stereocenters. The third-order valence-corrected chi connectivity index (χ3v) is 4.73. The zero-order valence-corrected chi connectivity index (χ0v) is 16.6. The van der Waals surface area contributed by atoms with Crippen LogP contribution in [0.25, 0.3) is 0 Å². The number of hydrogen-bond acceptors (Lipinski definition) is 7. The Morgan fingerprint density at radius 3 is 2.55 bits per heavy atom. The molecule has 2 aromatic rings. The number of hydrogen-bond donors (Lipinski definition) is 1. The Hall–Kier alpha value is -4.08. The van der Waals surface area contributed by atoms with E-state index in [-0.39, 0.29) is 30.3 Å². The van der Waals surface area contributed by atoms with E-state index in [0.29, 0.717) is 16.9 Å². The first-order chi connectivity index (χ1) is 14.7. The highest BCUT2D eigenvalue weighted by atomic mass is 16.6. The van der Waals surface area contributed by atoms with Gasteiger partial charge in [0.1, 0.15) is 0 Å². The third-order valence-electron chi connectivity index (χ3n) is 4.73. The van der Waals surface area contributed by atoms with Crippen LogP contribution in [0.5, 0.6) is 0 Å². The monoisotopic (exact) mass is 425 g/mol. The number of ketones is 1. The number of ether oxygens (including phenoxy) is 1. The van der Waals surface area contributed by atoms with Gasteiger partial charge in [0.05, 0.1) is 16.5 Å². The number of nitro groups is 1. The molecule has 0 spiro atoms. The molecule has 2 amide bonds. The Bertz CT molecular complexity index is 1050. The zero-order chi connectivity index (χ0) is 22.5. The smallest absolute Gasteiger partial charge is 0.311 e. The Labute approximate surface area is 176 Å². The number of nitro benzene ring substituents is 1. The Kier molecular flexibility index (Phi) is 6.39. The number of Topliss-reactive ketones (excluding diaryl/α,β-unsaturated/α-hetero) is 1. The number of carbonyl (C=O) groups excluding carboxylic acids is 4. The molecule has 0 radical (unpaired) electrons. The van der Waals surface area contributed by atoms with E-state index >= 15 is 0 Å². The van der Waals surface area contributed by atoms with Gasteiger partial charge in [-0.2, -0.15) is 0 Å². The van der Waals surface area contributed by atoms with Gasteiger partial charge in [-0.05, 0) is 37.3 Å². The minimum absolute atomic E-state index is 0.00691. The summed E-state index contributed by atoms with van der Waals surface area (Å²) in [5, 5.41) is 13.5. The lowest BCUT2D eigenvalue weighted by atomic mass is 10.1. The van der Waals surface area contributed by atoms with Gasteiger partial charge in [0, 0.05) is 36.3 Å². The fourth-order valence-electron chi connectivity index (χ4n) is 3.13. The summed E-state index contributed by atoms with van der Waals surface area (Å²) >= 11 is 0. The number of anilines is 2. The van der Waals surface area contributed by atoms with Gasteiger partial charge >= 0.3 is 5.97 Å². The summed E-state index contributed by atoms with van der Waals surface area (Å²) in [5.74, 6) is -2.52. The Balaban J connectivity index is 1.53. The van der Waals surface area contributed by atoms with Crippen LogP contribution in [-0.2, 0) is 19.1 Å². The second kappa shape index (κ2) is 9.16. The number of benzene rings is 2. The normalized spacial score (nSPS) is 15.5. The maximum atomic E-state index is 12.3. The molecule has 1 atom stereocenters. The van der Waals surface area contributed by atoms with E-state index in [0.717, 1.165) is 0 Å². The molecule has 10 nitrogen and oxygen atoms in total. The first-order valence-electron chi connectivity index (χ1n) is 9.37. The van der Waals surface area contributed by atoms with Crippen molar-refractivity contribution in [3.8, 4) is 0 Å². The van der Waals surface area contributed by atoms with Gasteiger partial charge in [0.15, 0.2) is 12.4 Å². The molecule has 1 fully saturated rings. The van der Waals surface area contributed by atoms with Gasteiger partial charge in [0.2, 0.25) is 5.91 Å². The molecule has 10 heteroatoms. The molecule has 0 aliphatic carbocycles. The van der Waals surface area contributed by atoms with Crippen molar-refractivity contribution >= 4 is 40.6 Å². The Morgan fingerprint density at radius 1 is 1.19 bits per heavy atom. The van der Waals surface area contributed by atoms with Crippen LogP contribution in [0.2, 0.25) is 0 Å². The van der Waals surface area contributed by atoms with E-state index in [1.807, 2.05) is 0 Å². The van der Waals surface area contributed by atoms with E-state index in [2.05, 4.69) is 5.32 Å².